The quantitative estimate of drug-likeness (QED) is 0.344. The molecule has 3 fully saturated rings. The van der Waals surface area contributed by atoms with Crippen LogP contribution < -0.4 is 0 Å². The summed E-state index contributed by atoms with van der Waals surface area (Å²) in [6.07, 6.45) is 2.10. The molecular formula is C12H14O3. The first-order valence-corrected chi connectivity index (χ1v) is 5.54. The third-order valence-corrected chi connectivity index (χ3v) is 4.16. The van der Waals surface area contributed by atoms with E-state index in [0.717, 1.165) is 12.8 Å². The van der Waals surface area contributed by atoms with E-state index >= 15 is 0 Å². The molecule has 0 aromatic heterocycles. The van der Waals surface area contributed by atoms with Crippen molar-refractivity contribution in [3.05, 3.63) is 11.1 Å². The molecule has 0 N–H and O–H groups in total. The fourth-order valence-corrected chi connectivity index (χ4v) is 3.79. The van der Waals surface area contributed by atoms with Crippen molar-refractivity contribution in [2.75, 3.05) is 0 Å². The summed E-state index contributed by atoms with van der Waals surface area (Å²) in [5, 5.41) is 0. The average molecular weight is 206 g/mol. The number of ether oxygens (including phenoxy) is 1. The lowest BCUT2D eigenvalue weighted by Gasteiger charge is -2.16. The van der Waals surface area contributed by atoms with Gasteiger partial charge < -0.3 is 4.74 Å². The van der Waals surface area contributed by atoms with Crippen LogP contribution in [0.25, 0.3) is 0 Å². The standard InChI is InChI=1S/C12H14O3/c1-5(2)8-6-3-4-7(8)10-9(6)11(13)15-12(10)14/h6-7,9-10H,3-4H2,1-2H3/t6-,7+,9+,10?/m1/s1. The summed E-state index contributed by atoms with van der Waals surface area (Å²) in [6.45, 7) is 4.16. The summed E-state index contributed by atoms with van der Waals surface area (Å²) in [5.41, 5.74) is 2.66. The molecule has 3 nitrogen and oxygen atoms in total. The molecular weight excluding hydrogens is 192 g/mol. The van der Waals surface area contributed by atoms with Crippen molar-refractivity contribution >= 4 is 11.9 Å². The van der Waals surface area contributed by atoms with E-state index in [4.69, 9.17) is 4.74 Å². The highest BCUT2D eigenvalue weighted by Crippen LogP contribution is 2.59. The zero-order valence-electron chi connectivity index (χ0n) is 8.95. The van der Waals surface area contributed by atoms with Gasteiger partial charge in [0, 0.05) is 0 Å². The van der Waals surface area contributed by atoms with Crippen molar-refractivity contribution < 1.29 is 14.3 Å². The second-order valence-electron chi connectivity index (χ2n) is 5.04. The number of allylic oxidation sites excluding steroid dienone is 2. The minimum Gasteiger partial charge on any atom is -0.393 e. The summed E-state index contributed by atoms with van der Waals surface area (Å²) in [5.74, 6) is -0.276. The summed E-state index contributed by atoms with van der Waals surface area (Å²) < 4.78 is 4.74. The van der Waals surface area contributed by atoms with E-state index in [1.165, 1.54) is 11.1 Å². The number of esters is 2. The lowest BCUT2D eigenvalue weighted by Crippen LogP contribution is -2.24. The van der Waals surface area contributed by atoms with Crippen molar-refractivity contribution in [2.45, 2.75) is 26.7 Å². The zero-order chi connectivity index (χ0) is 10.7. The van der Waals surface area contributed by atoms with Crippen molar-refractivity contribution in [3.8, 4) is 0 Å². The van der Waals surface area contributed by atoms with Gasteiger partial charge in [0.15, 0.2) is 0 Å². The molecule has 0 aromatic carbocycles. The normalized spacial score (nSPS) is 42.1. The smallest absolute Gasteiger partial charge is 0.318 e. The molecule has 0 spiro atoms. The summed E-state index contributed by atoms with van der Waals surface area (Å²) in [6, 6.07) is 0. The van der Waals surface area contributed by atoms with Crippen LogP contribution in [0.4, 0.5) is 0 Å². The summed E-state index contributed by atoms with van der Waals surface area (Å²) in [4.78, 5) is 23.1. The Balaban J connectivity index is 2.10. The maximum atomic E-state index is 11.6. The maximum absolute atomic E-state index is 11.6. The lowest BCUT2D eigenvalue weighted by atomic mass is 9.81. The number of fused-ring (bicyclic) bond motifs is 5. The molecule has 80 valence electrons. The molecule has 3 aliphatic rings. The number of rotatable bonds is 0. The second-order valence-corrected chi connectivity index (χ2v) is 5.04. The van der Waals surface area contributed by atoms with Gasteiger partial charge in [0.1, 0.15) is 0 Å². The molecule has 0 amide bonds. The van der Waals surface area contributed by atoms with E-state index in [-0.39, 0.29) is 23.8 Å². The molecule has 3 rings (SSSR count). The fourth-order valence-electron chi connectivity index (χ4n) is 3.79. The van der Waals surface area contributed by atoms with Gasteiger partial charge in [-0.25, -0.2) is 0 Å². The predicted molar refractivity (Wildman–Crippen MR) is 52.7 cm³/mol. The van der Waals surface area contributed by atoms with Gasteiger partial charge in [-0.1, -0.05) is 11.1 Å². The first-order chi connectivity index (χ1) is 7.11. The van der Waals surface area contributed by atoms with Crippen LogP contribution in [0.1, 0.15) is 26.7 Å². The molecule has 1 heterocycles. The van der Waals surface area contributed by atoms with Gasteiger partial charge in [0.05, 0.1) is 11.8 Å². The van der Waals surface area contributed by atoms with E-state index in [9.17, 15) is 9.59 Å². The third-order valence-electron chi connectivity index (χ3n) is 4.16. The molecule has 15 heavy (non-hydrogen) atoms. The van der Waals surface area contributed by atoms with E-state index < -0.39 is 0 Å². The first kappa shape index (κ1) is 9.13. The fraction of sp³-hybridized carbons (Fsp3) is 0.667. The number of carbonyl (C=O) groups excluding carboxylic acids is 2. The monoisotopic (exact) mass is 206 g/mol. The molecule has 0 radical (unpaired) electrons. The molecule has 2 aliphatic carbocycles. The molecule has 0 aromatic rings. The minimum atomic E-state index is -0.282. The highest BCUT2D eigenvalue weighted by atomic mass is 16.6. The van der Waals surface area contributed by atoms with Gasteiger partial charge in [0.2, 0.25) is 0 Å². The molecule has 1 saturated heterocycles. The van der Waals surface area contributed by atoms with Gasteiger partial charge in [-0.3, -0.25) is 9.59 Å². The van der Waals surface area contributed by atoms with Crippen LogP contribution in [0, 0.1) is 23.7 Å². The van der Waals surface area contributed by atoms with Crippen molar-refractivity contribution in [2.24, 2.45) is 23.7 Å². The molecule has 2 saturated carbocycles. The van der Waals surface area contributed by atoms with Gasteiger partial charge in [0.25, 0.3) is 0 Å². The minimum absolute atomic E-state index is 0.152. The van der Waals surface area contributed by atoms with E-state index in [1.54, 1.807) is 0 Å². The highest BCUT2D eigenvalue weighted by molar-refractivity contribution is 5.98. The van der Waals surface area contributed by atoms with E-state index in [2.05, 4.69) is 13.8 Å². The van der Waals surface area contributed by atoms with Gasteiger partial charge >= 0.3 is 11.9 Å². The Bertz CT molecular complexity index is 360. The van der Waals surface area contributed by atoms with E-state index in [0.29, 0.717) is 11.8 Å². The molecule has 1 unspecified atom stereocenters. The SMILES string of the molecule is CC(C)=C1[C@H]2CC[C@@H]1C1C(=O)OC(=O)[C@H]12. The Hall–Kier alpha value is -1.12. The number of cyclic esters (lactones) is 2. The topological polar surface area (TPSA) is 43.4 Å². The Morgan fingerprint density at radius 1 is 1.07 bits per heavy atom. The van der Waals surface area contributed by atoms with Crippen molar-refractivity contribution in [1.82, 2.24) is 0 Å². The Morgan fingerprint density at radius 2 is 1.53 bits per heavy atom. The lowest BCUT2D eigenvalue weighted by molar-refractivity contribution is -0.154. The predicted octanol–water partition coefficient (Wildman–Crippen LogP) is 1.68. The van der Waals surface area contributed by atoms with Crippen LogP contribution >= 0.6 is 0 Å². The van der Waals surface area contributed by atoms with Crippen LogP contribution in [0.5, 0.6) is 0 Å². The van der Waals surface area contributed by atoms with Crippen LogP contribution in [0.3, 0.4) is 0 Å². The number of carbonyl (C=O) groups is 2. The van der Waals surface area contributed by atoms with Crippen molar-refractivity contribution in [1.29, 1.82) is 0 Å². The molecule has 1 aliphatic heterocycles. The largest absolute Gasteiger partial charge is 0.393 e. The van der Waals surface area contributed by atoms with Crippen LogP contribution in [-0.2, 0) is 14.3 Å². The number of hydrogen-bond donors (Lipinski definition) is 0. The summed E-state index contributed by atoms with van der Waals surface area (Å²) >= 11 is 0. The Morgan fingerprint density at radius 3 is 1.93 bits per heavy atom. The van der Waals surface area contributed by atoms with Gasteiger partial charge in [-0.15, -0.1) is 0 Å². The molecule has 2 bridgehead atoms. The summed E-state index contributed by atoms with van der Waals surface area (Å²) in [7, 11) is 0. The Kier molecular flexibility index (Phi) is 1.65. The third kappa shape index (κ3) is 0.959. The van der Waals surface area contributed by atoms with Crippen LogP contribution in [-0.4, -0.2) is 11.9 Å². The highest BCUT2D eigenvalue weighted by Gasteiger charge is 2.62. The van der Waals surface area contributed by atoms with E-state index in [1.807, 2.05) is 0 Å². The number of hydrogen-bond acceptors (Lipinski definition) is 3. The first-order valence-electron chi connectivity index (χ1n) is 5.54. The zero-order valence-corrected chi connectivity index (χ0v) is 8.95. The maximum Gasteiger partial charge on any atom is 0.318 e. The van der Waals surface area contributed by atoms with Crippen LogP contribution in [0.2, 0.25) is 0 Å². The van der Waals surface area contributed by atoms with Crippen molar-refractivity contribution in [3.63, 3.8) is 0 Å². The molecule has 4 atom stereocenters. The Labute approximate surface area is 88.5 Å². The molecule has 3 heteroatoms. The average Bonchev–Trinajstić information content (AvgIpc) is 2.77. The van der Waals surface area contributed by atoms with Gasteiger partial charge in [-0.2, -0.15) is 0 Å². The second kappa shape index (κ2) is 2.71. The van der Waals surface area contributed by atoms with Gasteiger partial charge in [-0.05, 0) is 38.5 Å². The van der Waals surface area contributed by atoms with Crippen LogP contribution in [0.15, 0.2) is 11.1 Å².